The first-order valence-corrected chi connectivity index (χ1v) is 7.48. The standard InChI is InChI=1S/C16H24N4O/c1-4-21-15-7-5-6-14(8-15)9-17-10-16-18-12-19-20(16)11-13(2)3/h5-8,12-13,17H,4,9-11H2,1-3H3. The maximum atomic E-state index is 5.51. The molecule has 1 heterocycles. The Bertz CT molecular complexity index is 551. The van der Waals surface area contributed by atoms with Gasteiger partial charge in [0.25, 0.3) is 0 Å². The van der Waals surface area contributed by atoms with Gasteiger partial charge in [-0.3, -0.25) is 0 Å². The molecule has 114 valence electrons. The van der Waals surface area contributed by atoms with Gasteiger partial charge in [-0.1, -0.05) is 26.0 Å². The zero-order chi connectivity index (χ0) is 15.1. The van der Waals surface area contributed by atoms with E-state index in [1.54, 1.807) is 6.33 Å². The molecule has 2 rings (SSSR count). The molecule has 0 spiro atoms. The maximum absolute atomic E-state index is 5.51. The molecular formula is C16H24N4O. The summed E-state index contributed by atoms with van der Waals surface area (Å²) in [5, 5.41) is 7.67. The molecule has 0 radical (unpaired) electrons. The fraction of sp³-hybridized carbons (Fsp3) is 0.500. The van der Waals surface area contributed by atoms with Gasteiger partial charge in [0.15, 0.2) is 0 Å². The van der Waals surface area contributed by atoms with E-state index in [-0.39, 0.29) is 0 Å². The average Bonchev–Trinajstić information content (AvgIpc) is 2.86. The lowest BCUT2D eigenvalue weighted by atomic mass is 10.2. The van der Waals surface area contributed by atoms with Crippen LogP contribution in [-0.2, 0) is 19.6 Å². The Morgan fingerprint density at radius 3 is 2.90 bits per heavy atom. The normalized spacial score (nSPS) is 11.0. The first kappa shape index (κ1) is 15.5. The van der Waals surface area contributed by atoms with Crippen molar-refractivity contribution < 1.29 is 4.74 Å². The minimum Gasteiger partial charge on any atom is -0.494 e. The third-order valence-corrected chi connectivity index (χ3v) is 3.06. The third-order valence-electron chi connectivity index (χ3n) is 3.06. The molecule has 0 atom stereocenters. The predicted molar refractivity (Wildman–Crippen MR) is 83.0 cm³/mol. The predicted octanol–water partition coefficient (Wildman–Crippen LogP) is 2.62. The molecule has 2 aromatic rings. The summed E-state index contributed by atoms with van der Waals surface area (Å²) in [5.41, 5.74) is 1.20. The largest absolute Gasteiger partial charge is 0.494 e. The molecule has 0 saturated heterocycles. The lowest BCUT2D eigenvalue weighted by Crippen LogP contribution is -2.18. The highest BCUT2D eigenvalue weighted by molar-refractivity contribution is 5.28. The van der Waals surface area contributed by atoms with Crippen LogP contribution in [0.25, 0.3) is 0 Å². The second kappa shape index (κ2) is 7.78. The molecule has 1 aromatic heterocycles. The zero-order valence-electron chi connectivity index (χ0n) is 13.0. The first-order chi connectivity index (χ1) is 10.2. The van der Waals surface area contributed by atoms with Gasteiger partial charge in [-0.2, -0.15) is 5.10 Å². The summed E-state index contributed by atoms with van der Waals surface area (Å²) in [7, 11) is 0. The monoisotopic (exact) mass is 288 g/mol. The molecule has 0 unspecified atom stereocenters. The Hall–Kier alpha value is -1.88. The molecule has 1 N–H and O–H groups in total. The van der Waals surface area contributed by atoms with Crippen LogP contribution >= 0.6 is 0 Å². The lowest BCUT2D eigenvalue weighted by molar-refractivity contribution is 0.340. The quantitative estimate of drug-likeness (QED) is 0.811. The van der Waals surface area contributed by atoms with Gasteiger partial charge in [0.1, 0.15) is 17.9 Å². The molecule has 21 heavy (non-hydrogen) atoms. The van der Waals surface area contributed by atoms with Gasteiger partial charge in [0.2, 0.25) is 0 Å². The molecule has 0 saturated carbocycles. The molecule has 0 bridgehead atoms. The van der Waals surface area contributed by atoms with Crippen molar-refractivity contribution in [2.75, 3.05) is 6.61 Å². The Labute approximate surface area is 126 Å². The SMILES string of the molecule is CCOc1cccc(CNCc2ncnn2CC(C)C)c1. The van der Waals surface area contributed by atoms with Crippen LogP contribution in [0.4, 0.5) is 0 Å². The molecule has 0 aliphatic rings. The number of hydrogen-bond acceptors (Lipinski definition) is 4. The number of ether oxygens (including phenoxy) is 1. The van der Waals surface area contributed by atoms with Crippen molar-refractivity contribution in [1.29, 1.82) is 0 Å². The average molecular weight is 288 g/mol. The van der Waals surface area contributed by atoms with E-state index >= 15 is 0 Å². The van der Waals surface area contributed by atoms with Crippen LogP contribution in [0.5, 0.6) is 5.75 Å². The van der Waals surface area contributed by atoms with Gasteiger partial charge in [0, 0.05) is 13.1 Å². The summed E-state index contributed by atoms with van der Waals surface area (Å²) in [4.78, 5) is 4.31. The topological polar surface area (TPSA) is 52.0 Å². The van der Waals surface area contributed by atoms with Crippen molar-refractivity contribution in [2.45, 2.75) is 40.4 Å². The fourth-order valence-electron chi connectivity index (χ4n) is 2.15. The van der Waals surface area contributed by atoms with Crippen molar-refractivity contribution in [3.8, 4) is 5.75 Å². The highest BCUT2D eigenvalue weighted by atomic mass is 16.5. The molecule has 0 aliphatic heterocycles. The summed E-state index contributed by atoms with van der Waals surface area (Å²) in [5.74, 6) is 2.46. The van der Waals surface area contributed by atoms with E-state index in [1.807, 2.05) is 23.7 Å². The number of nitrogens with one attached hydrogen (secondary N) is 1. The van der Waals surface area contributed by atoms with Gasteiger partial charge in [-0.05, 0) is 30.5 Å². The van der Waals surface area contributed by atoms with Crippen LogP contribution in [0.15, 0.2) is 30.6 Å². The molecular weight excluding hydrogens is 264 g/mol. The van der Waals surface area contributed by atoms with Gasteiger partial charge in [-0.25, -0.2) is 9.67 Å². The molecule has 0 amide bonds. The Morgan fingerprint density at radius 1 is 1.29 bits per heavy atom. The summed E-state index contributed by atoms with van der Waals surface area (Å²) in [6, 6.07) is 8.15. The van der Waals surface area contributed by atoms with Crippen molar-refractivity contribution in [2.24, 2.45) is 5.92 Å². The minimum absolute atomic E-state index is 0.563. The molecule has 0 aliphatic carbocycles. The van der Waals surface area contributed by atoms with E-state index in [9.17, 15) is 0 Å². The van der Waals surface area contributed by atoms with E-state index in [0.29, 0.717) is 19.1 Å². The smallest absolute Gasteiger partial charge is 0.140 e. The van der Waals surface area contributed by atoms with Crippen LogP contribution in [0.1, 0.15) is 32.2 Å². The number of nitrogens with zero attached hydrogens (tertiary/aromatic N) is 3. The summed E-state index contributed by atoms with van der Waals surface area (Å²) < 4.78 is 7.47. The van der Waals surface area contributed by atoms with Gasteiger partial charge in [0.05, 0.1) is 13.2 Å². The van der Waals surface area contributed by atoms with Crippen LogP contribution in [0, 0.1) is 5.92 Å². The van der Waals surface area contributed by atoms with Crippen molar-refractivity contribution >= 4 is 0 Å². The minimum atomic E-state index is 0.563. The van der Waals surface area contributed by atoms with Crippen LogP contribution < -0.4 is 10.1 Å². The number of hydrogen-bond donors (Lipinski definition) is 1. The summed E-state index contributed by atoms with van der Waals surface area (Å²) in [6.07, 6.45) is 1.62. The van der Waals surface area contributed by atoms with E-state index in [0.717, 1.165) is 24.7 Å². The van der Waals surface area contributed by atoms with E-state index in [1.165, 1.54) is 5.56 Å². The maximum Gasteiger partial charge on any atom is 0.140 e. The Balaban J connectivity index is 1.87. The molecule has 1 aromatic carbocycles. The molecule has 5 nitrogen and oxygen atoms in total. The zero-order valence-corrected chi connectivity index (χ0v) is 13.0. The highest BCUT2D eigenvalue weighted by Gasteiger charge is 2.05. The van der Waals surface area contributed by atoms with Crippen LogP contribution in [-0.4, -0.2) is 21.4 Å². The third kappa shape index (κ3) is 4.86. The van der Waals surface area contributed by atoms with Crippen molar-refractivity contribution in [3.05, 3.63) is 42.0 Å². The fourth-order valence-corrected chi connectivity index (χ4v) is 2.15. The second-order valence-electron chi connectivity index (χ2n) is 5.44. The van der Waals surface area contributed by atoms with E-state index in [2.05, 4.69) is 41.4 Å². The van der Waals surface area contributed by atoms with Gasteiger partial charge < -0.3 is 10.1 Å². The summed E-state index contributed by atoms with van der Waals surface area (Å²) in [6.45, 7) is 9.44. The van der Waals surface area contributed by atoms with Crippen molar-refractivity contribution in [3.63, 3.8) is 0 Å². The first-order valence-electron chi connectivity index (χ1n) is 7.48. The second-order valence-corrected chi connectivity index (χ2v) is 5.44. The van der Waals surface area contributed by atoms with Gasteiger partial charge >= 0.3 is 0 Å². The Morgan fingerprint density at radius 2 is 2.14 bits per heavy atom. The van der Waals surface area contributed by atoms with Gasteiger partial charge in [-0.15, -0.1) is 0 Å². The molecule has 0 fully saturated rings. The number of aromatic nitrogens is 3. The molecule has 5 heteroatoms. The van der Waals surface area contributed by atoms with E-state index in [4.69, 9.17) is 4.74 Å². The summed E-state index contributed by atoms with van der Waals surface area (Å²) >= 11 is 0. The number of benzene rings is 1. The lowest BCUT2D eigenvalue weighted by Gasteiger charge is -2.10. The van der Waals surface area contributed by atoms with E-state index < -0.39 is 0 Å². The highest BCUT2D eigenvalue weighted by Crippen LogP contribution is 2.13. The number of rotatable bonds is 8. The van der Waals surface area contributed by atoms with Crippen molar-refractivity contribution in [1.82, 2.24) is 20.1 Å². The van der Waals surface area contributed by atoms with Crippen LogP contribution in [0.2, 0.25) is 0 Å². The van der Waals surface area contributed by atoms with Crippen LogP contribution in [0.3, 0.4) is 0 Å². The Kier molecular flexibility index (Phi) is 5.75.